The third-order valence-corrected chi connectivity index (χ3v) is 3.96. The van der Waals surface area contributed by atoms with Crippen molar-refractivity contribution in [1.29, 1.82) is 0 Å². The van der Waals surface area contributed by atoms with Gasteiger partial charge in [-0.05, 0) is 19.3 Å². The first kappa shape index (κ1) is 17.0. The number of aliphatic hydroxyl groups is 1. The first-order valence-electron chi connectivity index (χ1n) is 7.00. The first-order chi connectivity index (χ1) is 8.79. The van der Waals surface area contributed by atoms with Crippen molar-refractivity contribution in [2.45, 2.75) is 31.8 Å². The summed E-state index contributed by atoms with van der Waals surface area (Å²) in [6.07, 6.45) is 4.18. The molecule has 0 spiro atoms. The first-order valence-corrected chi connectivity index (χ1v) is 7.00. The molecule has 1 aliphatic carbocycles. The van der Waals surface area contributed by atoms with E-state index >= 15 is 0 Å². The fourth-order valence-electron chi connectivity index (χ4n) is 2.69. The van der Waals surface area contributed by atoms with Crippen LogP contribution in [0, 0.1) is 11.8 Å². The maximum atomic E-state index is 9.76. The van der Waals surface area contributed by atoms with Gasteiger partial charge < -0.3 is 20.5 Å². The van der Waals surface area contributed by atoms with Gasteiger partial charge in [-0.25, -0.2) is 0 Å². The molecule has 0 aromatic rings. The van der Waals surface area contributed by atoms with Crippen molar-refractivity contribution < 1.29 is 9.84 Å². The van der Waals surface area contributed by atoms with Crippen LogP contribution in [0.1, 0.15) is 25.7 Å². The van der Waals surface area contributed by atoms with Gasteiger partial charge in [0.15, 0.2) is 5.96 Å². The molecule has 2 fully saturated rings. The molecule has 0 amide bonds. The second-order valence-electron chi connectivity index (χ2n) is 5.32. The average molecular weight is 383 g/mol. The van der Waals surface area contributed by atoms with Gasteiger partial charge in [-0.3, -0.25) is 4.99 Å². The minimum absolute atomic E-state index is 0. The highest BCUT2D eigenvalue weighted by Gasteiger charge is 2.25. The van der Waals surface area contributed by atoms with Gasteiger partial charge in [-0.15, -0.1) is 24.0 Å². The lowest BCUT2D eigenvalue weighted by atomic mass is 10.1. The number of hydrogen-bond donors (Lipinski definition) is 3. The Kier molecular flexibility index (Phi) is 8.01. The SMILES string of the molecule is CN=C(NCC1CCOC1)NCC1CCCC1O.I. The average Bonchev–Trinajstić information content (AvgIpc) is 3.01. The van der Waals surface area contributed by atoms with Crippen molar-refractivity contribution >= 4 is 29.9 Å². The monoisotopic (exact) mass is 383 g/mol. The zero-order valence-corrected chi connectivity index (χ0v) is 13.9. The fourth-order valence-corrected chi connectivity index (χ4v) is 2.69. The zero-order chi connectivity index (χ0) is 12.8. The van der Waals surface area contributed by atoms with E-state index in [1.165, 1.54) is 0 Å². The molecule has 1 aliphatic heterocycles. The third kappa shape index (κ3) is 5.43. The Hall–Kier alpha value is -0.0800. The molecule has 2 aliphatic rings. The Morgan fingerprint density at radius 3 is 2.63 bits per heavy atom. The number of aliphatic hydroxyl groups excluding tert-OH is 1. The minimum atomic E-state index is -0.140. The molecule has 0 radical (unpaired) electrons. The van der Waals surface area contributed by atoms with Gasteiger partial charge in [0.25, 0.3) is 0 Å². The Morgan fingerprint density at radius 1 is 1.26 bits per heavy atom. The molecule has 3 N–H and O–H groups in total. The van der Waals surface area contributed by atoms with E-state index in [2.05, 4.69) is 15.6 Å². The predicted octanol–water partition coefficient (Wildman–Crippen LogP) is 0.967. The van der Waals surface area contributed by atoms with Gasteiger partial charge in [0.1, 0.15) is 0 Å². The summed E-state index contributed by atoms with van der Waals surface area (Å²) >= 11 is 0. The normalized spacial score (nSPS) is 31.1. The highest BCUT2D eigenvalue weighted by molar-refractivity contribution is 14.0. The van der Waals surface area contributed by atoms with Crippen LogP contribution < -0.4 is 10.6 Å². The molecule has 3 atom stereocenters. The predicted molar refractivity (Wildman–Crippen MR) is 87.1 cm³/mol. The highest BCUT2D eigenvalue weighted by atomic mass is 127. The Morgan fingerprint density at radius 2 is 2.05 bits per heavy atom. The summed E-state index contributed by atoms with van der Waals surface area (Å²) in [7, 11) is 1.78. The van der Waals surface area contributed by atoms with Gasteiger partial charge in [0.05, 0.1) is 12.7 Å². The largest absolute Gasteiger partial charge is 0.393 e. The zero-order valence-electron chi connectivity index (χ0n) is 11.6. The number of hydrogen-bond acceptors (Lipinski definition) is 3. The van der Waals surface area contributed by atoms with E-state index in [9.17, 15) is 5.11 Å². The number of nitrogens with zero attached hydrogens (tertiary/aromatic N) is 1. The summed E-state index contributed by atoms with van der Waals surface area (Å²) in [5.74, 6) is 1.81. The van der Waals surface area contributed by atoms with Gasteiger partial charge in [-0.2, -0.15) is 0 Å². The van der Waals surface area contributed by atoms with Gasteiger partial charge in [0.2, 0.25) is 0 Å². The van der Waals surface area contributed by atoms with E-state index in [0.29, 0.717) is 11.8 Å². The molecule has 2 rings (SSSR count). The molecule has 0 bridgehead atoms. The lowest BCUT2D eigenvalue weighted by Crippen LogP contribution is -2.42. The van der Waals surface area contributed by atoms with Crippen molar-refractivity contribution in [3.63, 3.8) is 0 Å². The summed E-state index contributed by atoms with van der Waals surface area (Å²) < 4.78 is 5.35. The van der Waals surface area contributed by atoms with Crippen LogP contribution in [0.3, 0.4) is 0 Å². The summed E-state index contributed by atoms with van der Waals surface area (Å²) in [5, 5.41) is 16.4. The van der Waals surface area contributed by atoms with Crippen LogP contribution in [0.5, 0.6) is 0 Å². The van der Waals surface area contributed by atoms with Gasteiger partial charge >= 0.3 is 0 Å². The highest BCUT2D eigenvalue weighted by Crippen LogP contribution is 2.24. The maximum Gasteiger partial charge on any atom is 0.190 e. The number of rotatable bonds is 4. The Balaban J connectivity index is 0.00000180. The van der Waals surface area contributed by atoms with Crippen LogP contribution in [-0.2, 0) is 4.74 Å². The standard InChI is InChI=1S/C13H25N3O2.HI/c1-14-13(15-7-10-5-6-18-9-10)16-8-11-3-2-4-12(11)17;/h10-12,17H,2-9H2,1H3,(H2,14,15,16);1H. The maximum absolute atomic E-state index is 9.76. The van der Waals surface area contributed by atoms with E-state index < -0.39 is 0 Å². The summed E-state index contributed by atoms with van der Waals surface area (Å²) in [5.41, 5.74) is 0. The van der Waals surface area contributed by atoms with Crippen molar-refractivity contribution in [1.82, 2.24) is 10.6 Å². The van der Waals surface area contributed by atoms with E-state index in [0.717, 1.165) is 57.9 Å². The molecule has 5 nitrogen and oxygen atoms in total. The molecular weight excluding hydrogens is 357 g/mol. The molecular formula is C13H26IN3O2. The second kappa shape index (κ2) is 8.97. The molecule has 1 saturated carbocycles. The van der Waals surface area contributed by atoms with Crippen LogP contribution in [0.15, 0.2) is 4.99 Å². The molecule has 0 aromatic heterocycles. The molecule has 19 heavy (non-hydrogen) atoms. The minimum Gasteiger partial charge on any atom is -0.393 e. The van der Waals surface area contributed by atoms with Crippen molar-refractivity contribution in [2.75, 3.05) is 33.4 Å². The summed E-state index contributed by atoms with van der Waals surface area (Å²) in [6.45, 7) is 3.45. The van der Waals surface area contributed by atoms with Crippen LogP contribution in [0.2, 0.25) is 0 Å². The summed E-state index contributed by atoms with van der Waals surface area (Å²) in [6, 6.07) is 0. The van der Waals surface area contributed by atoms with Crippen LogP contribution in [0.25, 0.3) is 0 Å². The quantitative estimate of drug-likeness (QED) is 0.385. The molecule has 1 heterocycles. The van der Waals surface area contributed by atoms with Crippen molar-refractivity contribution in [2.24, 2.45) is 16.8 Å². The van der Waals surface area contributed by atoms with Crippen molar-refractivity contribution in [3.8, 4) is 0 Å². The third-order valence-electron chi connectivity index (χ3n) is 3.96. The number of halogens is 1. The lowest BCUT2D eigenvalue weighted by molar-refractivity contribution is 0.134. The molecule has 1 saturated heterocycles. The number of nitrogens with one attached hydrogen (secondary N) is 2. The van der Waals surface area contributed by atoms with Gasteiger partial charge in [0, 0.05) is 38.6 Å². The van der Waals surface area contributed by atoms with Crippen LogP contribution in [0.4, 0.5) is 0 Å². The second-order valence-corrected chi connectivity index (χ2v) is 5.32. The molecule has 112 valence electrons. The van der Waals surface area contributed by atoms with E-state index in [1.54, 1.807) is 7.05 Å². The Labute approximate surface area is 132 Å². The van der Waals surface area contributed by atoms with E-state index in [4.69, 9.17) is 4.74 Å². The molecule has 0 aromatic carbocycles. The lowest BCUT2D eigenvalue weighted by Gasteiger charge is -2.18. The molecule has 6 heteroatoms. The van der Waals surface area contributed by atoms with E-state index in [1.807, 2.05) is 0 Å². The smallest absolute Gasteiger partial charge is 0.190 e. The van der Waals surface area contributed by atoms with Crippen LogP contribution in [-0.4, -0.2) is 50.5 Å². The number of ether oxygens (including phenoxy) is 1. The fraction of sp³-hybridized carbons (Fsp3) is 0.923. The van der Waals surface area contributed by atoms with Gasteiger partial charge in [-0.1, -0.05) is 6.42 Å². The van der Waals surface area contributed by atoms with Crippen molar-refractivity contribution in [3.05, 3.63) is 0 Å². The number of guanidine groups is 1. The molecule has 3 unspecified atom stereocenters. The van der Waals surface area contributed by atoms with Crippen LogP contribution >= 0.6 is 24.0 Å². The summed E-state index contributed by atoms with van der Waals surface area (Å²) in [4.78, 5) is 4.21. The topological polar surface area (TPSA) is 65.9 Å². The van der Waals surface area contributed by atoms with E-state index in [-0.39, 0.29) is 30.1 Å². The Bertz CT molecular complexity index is 283. The number of aliphatic imine (C=N–C) groups is 1.